The number of aromatic nitrogens is 1. The molecular formula is C23H25N5O5. The fourth-order valence-electron chi connectivity index (χ4n) is 4.77. The molecular weight excluding hydrogens is 426 g/mol. The molecule has 3 N–H and O–H groups in total. The molecule has 4 amide bonds. The summed E-state index contributed by atoms with van der Waals surface area (Å²) in [6.45, 7) is 2.73. The van der Waals surface area contributed by atoms with Crippen molar-refractivity contribution in [2.75, 3.05) is 13.1 Å². The molecule has 0 saturated carbocycles. The molecule has 1 unspecified atom stereocenters. The van der Waals surface area contributed by atoms with Gasteiger partial charge in [0.05, 0.1) is 23.4 Å². The predicted molar refractivity (Wildman–Crippen MR) is 115 cm³/mol. The van der Waals surface area contributed by atoms with Crippen LogP contribution in [0.4, 0.5) is 0 Å². The van der Waals surface area contributed by atoms with Gasteiger partial charge in [0.1, 0.15) is 6.04 Å². The maximum atomic E-state index is 13.1. The molecule has 0 radical (unpaired) electrons. The molecule has 2 aromatic rings. The van der Waals surface area contributed by atoms with Crippen LogP contribution in [0.25, 0.3) is 0 Å². The van der Waals surface area contributed by atoms with E-state index in [2.05, 4.69) is 21.1 Å². The molecule has 5 rings (SSSR count). The Hall–Kier alpha value is -3.37. The SMILES string of the molecule is O=C1CCC(N2C(=O)c3cccc(CNCc4cc(C5CCNCC5)no4)c3C2=O)C(=O)N1. The monoisotopic (exact) mass is 451 g/mol. The van der Waals surface area contributed by atoms with E-state index in [-0.39, 0.29) is 18.4 Å². The summed E-state index contributed by atoms with van der Waals surface area (Å²) in [4.78, 5) is 50.8. The highest BCUT2D eigenvalue weighted by molar-refractivity contribution is 6.24. The third-order valence-corrected chi connectivity index (χ3v) is 6.50. The van der Waals surface area contributed by atoms with Crippen LogP contribution >= 0.6 is 0 Å². The maximum absolute atomic E-state index is 13.1. The summed E-state index contributed by atoms with van der Waals surface area (Å²) < 4.78 is 5.47. The van der Waals surface area contributed by atoms with E-state index in [1.807, 2.05) is 6.07 Å². The number of fused-ring (bicyclic) bond motifs is 1. The second-order valence-electron chi connectivity index (χ2n) is 8.63. The van der Waals surface area contributed by atoms with Crippen LogP contribution < -0.4 is 16.0 Å². The Morgan fingerprint density at radius 2 is 1.88 bits per heavy atom. The highest BCUT2D eigenvalue weighted by Crippen LogP contribution is 2.30. The van der Waals surface area contributed by atoms with Crippen LogP contribution in [0.3, 0.4) is 0 Å². The molecule has 4 heterocycles. The minimum Gasteiger partial charge on any atom is -0.360 e. The Kier molecular flexibility index (Phi) is 5.77. The Morgan fingerprint density at radius 1 is 1.06 bits per heavy atom. The summed E-state index contributed by atoms with van der Waals surface area (Å²) >= 11 is 0. The number of imide groups is 2. The van der Waals surface area contributed by atoms with Crippen LogP contribution in [0.15, 0.2) is 28.8 Å². The number of nitrogens with zero attached hydrogens (tertiary/aromatic N) is 2. The second-order valence-corrected chi connectivity index (χ2v) is 8.63. The average Bonchev–Trinajstić information content (AvgIpc) is 3.39. The lowest BCUT2D eigenvalue weighted by Gasteiger charge is -2.27. The number of carbonyl (C=O) groups excluding carboxylic acids is 4. The molecule has 2 fully saturated rings. The van der Waals surface area contributed by atoms with Crippen molar-refractivity contribution in [3.63, 3.8) is 0 Å². The van der Waals surface area contributed by atoms with Gasteiger partial charge in [-0.2, -0.15) is 0 Å². The lowest BCUT2D eigenvalue weighted by Crippen LogP contribution is -2.54. The van der Waals surface area contributed by atoms with Crippen LogP contribution in [0.2, 0.25) is 0 Å². The molecule has 1 atom stereocenters. The van der Waals surface area contributed by atoms with Gasteiger partial charge >= 0.3 is 0 Å². The van der Waals surface area contributed by atoms with Crippen LogP contribution in [0, 0.1) is 0 Å². The third-order valence-electron chi connectivity index (χ3n) is 6.50. The van der Waals surface area contributed by atoms with Gasteiger partial charge in [0, 0.05) is 24.9 Å². The quantitative estimate of drug-likeness (QED) is 0.550. The topological polar surface area (TPSA) is 134 Å². The van der Waals surface area contributed by atoms with Gasteiger partial charge in [0.2, 0.25) is 11.8 Å². The number of benzene rings is 1. The summed E-state index contributed by atoms with van der Waals surface area (Å²) in [5.74, 6) is -0.904. The fourth-order valence-corrected chi connectivity index (χ4v) is 4.77. The Morgan fingerprint density at radius 3 is 2.67 bits per heavy atom. The summed E-state index contributed by atoms with van der Waals surface area (Å²) in [6.07, 6.45) is 2.30. The molecule has 0 bridgehead atoms. The van der Waals surface area contributed by atoms with Crippen LogP contribution in [-0.2, 0) is 22.7 Å². The van der Waals surface area contributed by atoms with E-state index < -0.39 is 29.7 Å². The lowest BCUT2D eigenvalue weighted by atomic mass is 9.94. The van der Waals surface area contributed by atoms with Crippen molar-refractivity contribution < 1.29 is 23.7 Å². The Balaban J connectivity index is 1.26. The van der Waals surface area contributed by atoms with E-state index in [1.165, 1.54) is 0 Å². The number of rotatable bonds is 6. The first kappa shape index (κ1) is 21.5. The molecule has 10 nitrogen and oxygen atoms in total. The third kappa shape index (κ3) is 4.07. The fraction of sp³-hybridized carbons (Fsp3) is 0.435. The van der Waals surface area contributed by atoms with Gasteiger partial charge in [0.15, 0.2) is 5.76 Å². The minimum atomic E-state index is -0.974. The van der Waals surface area contributed by atoms with Crippen LogP contribution in [0.5, 0.6) is 0 Å². The van der Waals surface area contributed by atoms with E-state index in [0.717, 1.165) is 36.5 Å². The molecule has 3 aliphatic rings. The smallest absolute Gasteiger partial charge is 0.262 e. The van der Waals surface area contributed by atoms with Crippen molar-refractivity contribution in [3.05, 3.63) is 52.4 Å². The van der Waals surface area contributed by atoms with Gasteiger partial charge in [0.25, 0.3) is 11.8 Å². The molecule has 0 spiro atoms. The van der Waals surface area contributed by atoms with E-state index in [0.29, 0.717) is 35.9 Å². The van der Waals surface area contributed by atoms with Crippen molar-refractivity contribution in [3.8, 4) is 0 Å². The highest BCUT2D eigenvalue weighted by atomic mass is 16.5. The first-order chi connectivity index (χ1) is 16.0. The van der Waals surface area contributed by atoms with Gasteiger partial charge in [-0.15, -0.1) is 0 Å². The molecule has 1 aromatic heterocycles. The maximum Gasteiger partial charge on any atom is 0.262 e. The first-order valence-electron chi connectivity index (χ1n) is 11.2. The molecule has 172 valence electrons. The van der Waals surface area contributed by atoms with Crippen molar-refractivity contribution >= 4 is 23.6 Å². The Bertz CT molecular complexity index is 1120. The lowest BCUT2D eigenvalue weighted by molar-refractivity contribution is -0.136. The van der Waals surface area contributed by atoms with Gasteiger partial charge < -0.3 is 15.2 Å². The standard InChI is InChI=1S/C23H25N5O5/c29-19-5-4-18(21(30)26-19)28-22(31)16-3-1-2-14(20(16)23(28)32)11-25-12-15-10-17(27-33-15)13-6-8-24-9-7-13/h1-3,10,13,18,24-25H,4-9,11-12H2,(H,26,29,30). The van der Waals surface area contributed by atoms with Crippen molar-refractivity contribution in [1.82, 2.24) is 26.0 Å². The molecule has 0 aliphatic carbocycles. The van der Waals surface area contributed by atoms with Gasteiger partial charge in [-0.3, -0.25) is 29.4 Å². The molecule has 33 heavy (non-hydrogen) atoms. The van der Waals surface area contributed by atoms with Crippen molar-refractivity contribution in [1.29, 1.82) is 0 Å². The Labute approximate surface area is 190 Å². The normalized spacial score (nSPS) is 21.5. The van der Waals surface area contributed by atoms with Crippen molar-refractivity contribution in [2.45, 2.75) is 50.7 Å². The van der Waals surface area contributed by atoms with E-state index in [9.17, 15) is 19.2 Å². The molecule has 10 heteroatoms. The predicted octanol–water partition coefficient (Wildman–Crippen LogP) is 0.833. The molecule has 2 saturated heterocycles. The van der Waals surface area contributed by atoms with Crippen LogP contribution in [-0.4, -0.2) is 52.8 Å². The summed E-state index contributed by atoms with van der Waals surface area (Å²) in [5.41, 5.74) is 2.21. The van der Waals surface area contributed by atoms with Crippen molar-refractivity contribution in [2.24, 2.45) is 0 Å². The van der Waals surface area contributed by atoms with Gasteiger partial charge in [-0.25, -0.2) is 0 Å². The molecule has 1 aromatic carbocycles. The largest absolute Gasteiger partial charge is 0.360 e. The number of hydrogen-bond donors (Lipinski definition) is 3. The summed E-state index contributed by atoms with van der Waals surface area (Å²) in [5, 5.41) is 13.0. The number of carbonyl (C=O) groups is 4. The van der Waals surface area contributed by atoms with E-state index in [4.69, 9.17) is 4.52 Å². The van der Waals surface area contributed by atoms with Gasteiger partial charge in [-0.05, 0) is 44.0 Å². The number of amides is 4. The van der Waals surface area contributed by atoms with Crippen LogP contribution in [0.1, 0.15) is 69.3 Å². The highest BCUT2D eigenvalue weighted by Gasteiger charge is 2.45. The number of nitrogens with one attached hydrogen (secondary N) is 3. The zero-order valence-corrected chi connectivity index (χ0v) is 18.1. The number of hydrogen-bond acceptors (Lipinski definition) is 8. The summed E-state index contributed by atoms with van der Waals surface area (Å²) in [6, 6.07) is 6.09. The zero-order chi connectivity index (χ0) is 22.9. The first-order valence-corrected chi connectivity index (χ1v) is 11.2. The van der Waals surface area contributed by atoms with E-state index in [1.54, 1.807) is 18.2 Å². The van der Waals surface area contributed by atoms with Gasteiger partial charge in [-0.1, -0.05) is 17.3 Å². The van der Waals surface area contributed by atoms with E-state index >= 15 is 0 Å². The average molecular weight is 451 g/mol. The minimum absolute atomic E-state index is 0.0920. The summed E-state index contributed by atoms with van der Waals surface area (Å²) in [7, 11) is 0. The zero-order valence-electron chi connectivity index (χ0n) is 18.1. The molecule has 3 aliphatic heterocycles. The second kappa shape index (κ2) is 8.87. The number of piperidine rings is 2.